The van der Waals surface area contributed by atoms with Crippen molar-refractivity contribution in [2.75, 3.05) is 0 Å². The average molecular weight is 605 g/mol. The summed E-state index contributed by atoms with van der Waals surface area (Å²) in [5, 5.41) is 0. The standard InChI is InChI=1S/C44H48N2/c1-3-5-7-9-15-35-21-25-37(26-22-35)17-11-13-19-39-29-31-41-43(33-39)45-42-32-30-40(34-44(42)46-41)20-14-12-18-38-27-23-36(24-28-38)16-10-8-6-4-2/h11-14,17-34H,3-10,15-16H2,1-2H3/b17-11+,18-12+,19-13+,20-14+. The van der Waals surface area contributed by atoms with Crippen LogP contribution < -0.4 is 0 Å². The molecular weight excluding hydrogens is 556 g/mol. The molecule has 0 aliphatic carbocycles. The second-order valence-electron chi connectivity index (χ2n) is 12.3. The lowest BCUT2D eigenvalue weighted by molar-refractivity contribution is 0.667. The van der Waals surface area contributed by atoms with Gasteiger partial charge >= 0.3 is 0 Å². The summed E-state index contributed by atoms with van der Waals surface area (Å²) < 4.78 is 0. The van der Waals surface area contributed by atoms with Gasteiger partial charge in [-0.05, 0) is 83.3 Å². The molecule has 1 aromatic heterocycles. The first kappa shape index (κ1) is 32.8. The van der Waals surface area contributed by atoms with Crippen molar-refractivity contribution in [2.24, 2.45) is 0 Å². The summed E-state index contributed by atoms with van der Waals surface area (Å²) in [6.45, 7) is 4.52. The Morgan fingerprint density at radius 3 is 1.15 bits per heavy atom. The van der Waals surface area contributed by atoms with E-state index < -0.39 is 0 Å². The summed E-state index contributed by atoms with van der Waals surface area (Å²) >= 11 is 0. The molecule has 0 N–H and O–H groups in total. The summed E-state index contributed by atoms with van der Waals surface area (Å²) in [7, 11) is 0. The molecule has 0 fully saturated rings. The van der Waals surface area contributed by atoms with E-state index in [2.05, 4.69) is 147 Å². The Hall–Kier alpha value is -4.56. The maximum Gasteiger partial charge on any atom is 0.0900 e. The second kappa shape index (κ2) is 17.8. The fourth-order valence-electron chi connectivity index (χ4n) is 5.69. The number of unbranched alkanes of at least 4 members (excludes halogenated alkanes) is 6. The van der Waals surface area contributed by atoms with E-state index in [9.17, 15) is 0 Å². The number of allylic oxidation sites excluding steroid dienone is 4. The zero-order valence-corrected chi connectivity index (χ0v) is 27.7. The number of hydrogen-bond donors (Lipinski definition) is 0. The first-order valence-corrected chi connectivity index (χ1v) is 17.3. The Labute approximate surface area is 276 Å². The highest BCUT2D eigenvalue weighted by Gasteiger charge is 2.03. The van der Waals surface area contributed by atoms with Crippen LogP contribution in [0.4, 0.5) is 0 Å². The predicted molar refractivity (Wildman–Crippen MR) is 202 cm³/mol. The number of hydrogen-bond acceptors (Lipinski definition) is 2. The Balaban J connectivity index is 1.15. The molecular formula is C44H48N2. The molecule has 0 saturated heterocycles. The van der Waals surface area contributed by atoms with Gasteiger partial charge in [-0.15, -0.1) is 0 Å². The Morgan fingerprint density at radius 2 is 0.761 bits per heavy atom. The van der Waals surface area contributed by atoms with Crippen LogP contribution in [0.5, 0.6) is 0 Å². The van der Waals surface area contributed by atoms with Gasteiger partial charge in [0.25, 0.3) is 0 Å². The summed E-state index contributed by atoms with van der Waals surface area (Å²) in [6.07, 6.45) is 29.7. The zero-order chi connectivity index (χ0) is 31.8. The third kappa shape index (κ3) is 10.2. The molecule has 0 amide bonds. The van der Waals surface area contributed by atoms with Crippen LogP contribution >= 0.6 is 0 Å². The van der Waals surface area contributed by atoms with Gasteiger partial charge in [-0.25, -0.2) is 9.97 Å². The van der Waals surface area contributed by atoms with Crippen molar-refractivity contribution in [3.63, 3.8) is 0 Å². The van der Waals surface area contributed by atoms with Gasteiger partial charge in [0, 0.05) is 0 Å². The summed E-state index contributed by atoms with van der Waals surface area (Å²) in [5.41, 5.74) is 11.2. The van der Waals surface area contributed by atoms with Crippen LogP contribution in [0.2, 0.25) is 0 Å². The largest absolute Gasteiger partial charge is 0.244 e. The van der Waals surface area contributed by atoms with Crippen molar-refractivity contribution in [1.29, 1.82) is 0 Å². The molecule has 4 aromatic carbocycles. The van der Waals surface area contributed by atoms with Crippen LogP contribution in [-0.4, -0.2) is 9.97 Å². The lowest BCUT2D eigenvalue weighted by Crippen LogP contribution is -1.88. The maximum absolute atomic E-state index is 4.91. The molecule has 2 heteroatoms. The number of fused-ring (bicyclic) bond motifs is 2. The normalized spacial score (nSPS) is 12.2. The van der Waals surface area contributed by atoms with Crippen LogP contribution in [0.15, 0.2) is 109 Å². The molecule has 1 heterocycles. The van der Waals surface area contributed by atoms with E-state index in [1.54, 1.807) is 0 Å². The number of benzene rings is 4. The van der Waals surface area contributed by atoms with Gasteiger partial charge in [0.05, 0.1) is 22.1 Å². The topological polar surface area (TPSA) is 25.8 Å². The summed E-state index contributed by atoms with van der Waals surface area (Å²) in [5.74, 6) is 0. The summed E-state index contributed by atoms with van der Waals surface area (Å²) in [6, 6.07) is 30.4. The van der Waals surface area contributed by atoms with Crippen LogP contribution in [0.1, 0.15) is 98.6 Å². The predicted octanol–water partition coefficient (Wildman–Crippen LogP) is 12.5. The Bertz CT molecular complexity index is 1650. The van der Waals surface area contributed by atoms with Crippen LogP contribution in [0.3, 0.4) is 0 Å². The van der Waals surface area contributed by atoms with Crippen LogP contribution in [-0.2, 0) is 12.8 Å². The van der Waals surface area contributed by atoms with E-state index in [4.69, 9.17) is 9.97 Å². The van der Waals surface area contributed by atoms with Gasteiger partial charge in [0.15, 0.2) is 0 Å². The van der Waals surface area contributed by atoms with Crippen molar-refractivity contribution < 1.29 is 0 Å². The molecule has 0 unspecified atom stereocenters. The molecule has 0 aliphatic heterocycles. The SMILES string of the molecule is CCCCCCc1ccc(/C=C/C=C/c2ccc3nc4cc(/C=C/C=C/c5ccc(CCCCCC)cc5)ccc4nc3c2)cc1. The first-order valence-electron chi connectivity index (χ1n) is 17.3. The fraction of sp³-hybridized carbons (Fsp3) is 0.273. The molecule has 0 atom stereocenters. The van der Waals surface area contributed by atoms with Gasteiger partial charge in [0.2, 0.25) is 0 Å². The van der Waals surface area contributed by atoms with Crippen molar-refractivity contribution in [1.82, 2.24) is 9.97 Å². The van der Waals surface area contributed by atoms with E-state index in [1.807, 2.05) is 0 Å². The minimum absolute atomic E-state index is 0.907. The number of aromatic nitrogens is 2. The molecule has 0 bridgehead atoms. The average Bonchev–Trinajstić information content (AvgIpc) is 3.09. The van der Waals surface area contributed by atoms with Gasteiger partial charge < -0.3 is 0 Å². The van der Waals surface area contributed by atoms with Gasteiger partial charge in [-0.3, -0.25) is 0 Å². The van der Waals surface area contributed by atoms with Crippen molar-refractivity contribution in [3.8, 4) is 0 Å². The highest BCUT2D eigenvalue weighted by molar-refractivity contribution is 5.88. The molecule has 0 spiro atoms. The smallest absolute Gasteiger partial charge is 0.0900 e. The van der Waals surface area contributed by atoms with Crippen LogP contribution in [0.25, 0.3) is 46.4 Å². The zero-order valence-electron chi connectivity index (χ0n) is 27.7. The minimum Gasteiger partial charge on any atom is -0.244 e. The lowest BCUT2D eigenvalue weighted by Gasteiger charge is -2.03. The Morgan fingerprint density at radius 1 is 0.391 bits per heavy atom. The third-order valence-electron chi connectivity index (χ3n) is 8.46. The highest BCUT2D eigenvalue weighted by atomic mass is 14.8. The molecule has 0 aliphatic rings. The van der Waals surface area contributed by atoms with Crippen LogP contribution in [0, 0.1) is 0 Å². The van der Waals surface area contributed by atoms with Crippen molar-refractivity contribution in [3.05, 3.63) is 143 Å². The monoisotopic (exact) mass is 604 g/mol. The minimum atomic E-state index is 0.907. The van der Waals surface area contributed by atoms with Gasteiger partial charge in [-0.2, -0.15) is 0 Å². The van der Waals surface area contributed by atoms with Crippen molar-refractivity contribution >= 4 is 46.4 Å². The number of nitrogens with zero attached hydrogens (tertiary/aromatic N) is 2. The molecule has 2 nitrogen and oxygen atoms in total. The molecule has 5 rings (SSSR count). The van der Waals surface area contributed by atoms with Gasteiger partial charge in [0.1, 0.15) is 0 Å². The van der Waals surface area contributed by atoms with E-state index in [0.717, 1.165) is 33.2 Å². The first-order chi connectivity index (χ1) is 22.7. The summed E-state index contributed by atoms with van der Waals surface area (Å²) in [4.78, 5) is 9.83. The van der Waals surface area contributed by atoms with E-state index in [1.165, 1.54) is 86.5 Å². The van der Waals surface area contributed by atoms with Crippen molar-refractivity contribution in [2.45, 2.75) is 78.1 Å². The molecule has 234 valence electrons. The quantitative estimate of drug-likeness (QED) is 0.0636. The molecule has 46 heavy (non-hydrogen) atoms. The van der Waals surface area contributed by atoms with E-state index in [-0.39, 0.29) is 0 Å². The van der Waals surface area contributed by atoms with E-state index >= 15 is 0 Å². The second-order valence-corrected chi connectivity index (χ2v) is 12.3. The Kier molecular flexibility index (Phi) is 12.7. The number of aryl methyl sites for hydroxylation is 2. The lowest BCUT2D eigenvalue weighted by atomic mass is 10.0. The highest BCUT2D eigenvalue weighted by Crippen LogP contribution is 2.20. The maximum atomic E-state index is 4.91. The van der Waals surface area contributed by atoms with E-state index in [0.29, 0.717) is 0 Å². The fourth-order valence-corrected chi connectivity index (χ4v) is 5.69. The molecule has 0 saturated carbocycles. The molecule has 0 radical (unpaired) electrons. The molecule has 5 aromatic rings. The number of rotatable bonds is 16. The third-order valence-corrected chi connectivity index (χ3v) is 8.46. The van der Waals surface area contributed by atoms with Gasteiger partial charge in [-0.1, -0.05) is 162 Å².